The Labute approximate surface area is 94.1 Å². The van der Waals surface area contributed by atoms with Crippen molar-refractivity contribution in [2.24, 2.45) is 0 Å². The van der Waals surface area contributed by atoms with Gasteiger partial charge in [-0.05, 0) is 24.3 Å². The molecule has 15 heavy (non-hydrogen) atoms. The van der Waals surface area contributed by atoms with Gasteiger partial charge in [0.2, 0.25) is 0 Å². The average Bonchev–Trinajstić information content (AvgIpc) is 2.26. The van der Waals surface area contributed by atoms with Crippen LogP contribution in [0.5, 0.6) is 0 Å². The minimum Gasteiger partial charge on any atom is -0.298 e. The van der Waals surface area contributed by atoms with Gasteiger partial charge in [-0.2, -0.15) is 0 Å². The highest BCUT2D eigenvalue weighted by Gasteiger charge is 2.03. The van der Waals surface area contributed by atoms with Crippen LogP contribution >= 0.6 is 11.8 Å². The van der Waals surface area contributed by atoms with Crippen molar-refractivity contribution in [2.45, 2.75) is 31.1 Å². The number of carbonyl (C=O) groups is 1. The van der Waals surface area contributed by atoms with Crippen LogP contribution < -0.4 is 0 Å². The minimum absolute atomic E-state index is 0.291. The van der Waals surface area contributed by atoms with Crippen LogP contribution in [0.25, 0.3) is 0 Å². The molecule has 0 aliphatic carbocycles. The number of rotatable bonds is 6. The van der Waals surface area contributed by atoms with Gasteiger partial charge in [-0.25, -0.2) is 4.39 Å². The quantitative estimate of drug-likeness (QED) is 0.415. The second-order valence-electron chi connectivity index (χ2n) is 3.36. The molecule has 82 valence electrons. The lowest BCUT2D eigenvalue weighted by Crippen LogP contribution is -1.87. The number of aldehydes is 1. The van der Waals surface area contributed by atoms with E-state index in [1.54, 1.807) is 12.1 Å². The van der Waals surface area contributed by atoms with Crippen LogP contribution in [0.15, 0.2) is 23.1 Å². The first-order valence-electron chi connectivity index (χ1n) is 5.15. The summed E-state index contributed by atoms with van der Waals surface area (Å²) in [5.74, 6) is 0.645. The summed E-state index contributed by atoms with van der Waals surface area (Å²) in [6.45, 7) is 2.14. The van der Waals surface area contributed by atoms with Crippen molar-refractivity contribution in [1.82, 2.24) is 0 Å². The molecular formula is C12H15FOS. The summed E-state index contributed by atoms with van der Waals surface area (Å²) in [7, 11) is 0. The predicted octanol–water partition coefficient (Wildman–Crippen LogP) is 3.92. The minimum atomic E-state index is -0.291. The Morgan fingerprint density at radius 2 is 2.20 bits per heavy atom. The molecule has 0 saturated heterocycles. The van der Waals surface area contributed by atoms with E-state index < -0.39 is 0 Å². The second-order valence-corrected chi connectivity index (χ2v) is 4.50. The molecule has 0 atom stereocenters. The fourth-order valence-electron chi connectivity index (χ4n) is 1.24. The van der Waals surface area contributed by atoms with E-state index in [9.17, 15) is 9.18 Å². The Morgan fingerprint density at radius 1 is 1.40 bits per heavy atom. The molecule has 0 aromatic heterocycles. The average molecular weight is 226 g/mol. The smallest absolute Gasteiger partial charge is 0.150 e. The third-order valence-electron chi connectivity index (χ3n) is 2.10. The van der Waals surface area contributed by atoms with Gasteiger partial charge in [-0.1, -0.05) is 25.8 Å². The van der Waals surface area contributed by atoms with Crippen LogP contribution in [0, 0.1) is 5.82 Å². The largest absolute Gasteiger partial charge is 0.298 e. The summed E-state index contributed by atoms with van der Waals surface area (Å²) in [6, 6.07) is 4.61. The third-order valence-corrected chi connectivity index (χ3v) is 3.23. The van der Waals surface area contributed by atoms with Gasteiger partial charge in [0.1, 0.15) is 12.1 Å². The van der Waals surface area contributed by atoms with E-state index in [4.69, 9.17) is 0 Å². The standard InChI is InChI=1S/C12H15FOS/c1-2-3-4-7-15-12-6-5-10(9-14)8-11(12)13/h5-6,8-9H,2-4,7H2,1H3. The Morgan fingerprint density at radius 3 is 2.80 bits per heavy atom. The zero-order valence-corrected chi connectivity index (χ0v) is 9.65. The second kappa shape index (κ2) is 6.62. The molecule has 1 nitrogen and oxygen atoms in total. The zero-order valence-electron chi connectivity index (χ0n) is 8.83. The van der Waals surface area contributed by atoms with Gasteiger partial charge >= 0.3 is 0 Å². The van der Waals surface area contributed by atoms with Gasteiger partial charge in [0.05, 0.1) is 0 Å². The van der Waals surface area contributed by atoms with E-state index >= 15 is 0 Å². The first-order chi connectivity index (χ1) is 7.27. The number of hydrogen-bond donors (Lipinski definition) is 0. The van der Waals surface area contributed by atoms with Crippen LogP contribution in [0.1, 0.15) is 36.5 Å². The van der Waals surface area contributed by atoms with E-state index in [0.717, 1.165) is 12.2 Å². The molecule has 0 aliphatic rings. The zero-order chi connectivity index (χ0) is 11.1. The number of halogens is 1. The van der Waals surface area contributed by atoms with Gasteiger partial charge < -0.3 is 0 Å². The van der Waals surface area contributed by atoms with Crippen LogP contribution in [0.2, 0.25) is 0 Å². The molecule has 1 aromatic rings. The van der Waals surface area contributed by atoms with E-state index in [-0.39, 0.29) is 5.82 Å². The van der Waals surface area contributed by atoms with Gasteiger partial charge in [0, 0.05) is 10.5 Å². The lowest BCUT2D eigenvalue weighted by atomic mass is 10.2. The first kappa shape index (κ1) is 12.2. The molecule has 0 spiro atoms. The molecule has 0 N–H and O–H groups in total. The van der Waals surface area contributed by atoms with E-state index in [2.05, 4.69) is 6.92 Å². The highest BCUT2D eigenvalue weighted by Crippen LogP contribution is 2.23. The van der Waals surface area contributed by atoms with Gasteiger partial charge in [-0.15, -0.1) is 11.8 Å². The Bertz CT molecular complexity index is 325. The van der Waals surface area contributed by atoms with Crippen LogP contribution in [0.4, 0.5) is 4.39 Å². The van der Waals surface area contributed by atoms with Crippen molar-refractivity contribution in [3.8, 4) is 0 Å². The fraction of sp³-hybridized carbons (Fsp3) is 0.417. The highest BCUT2D eigenvalue weighted by atomic mass is 32.2. The maximum Gasteiger partial charge on any atom is 0.150 e. The topological polar surface area (TPSA) is 17.1 Å². The summed E-state index contributed by atoms with van der Waals surface area (Å²) >= 11 is 1.52. The summed E-state index contributed by atoms with van der Waals surface area (Å²) in [6.07, 6.45) is 4.12. The molecule has 1 rings (SSSR count). The van der Waals surface area contributed by atoms with Crippen molar-refractivity contribution in [3.05, 3.63) is 29.6 Å². The maximum atomic E-state index is 13.4. The summed E-state index contributed by atoms with van der Waals surface area (Å²) in [5.41, 5.74) is 0.394. The monoisotopic (exact) mass is 226 g/mol. The molecule has 1 aromatic carbocycles. The molecule has 0 saturated carbocycles. The fourth-order valence-corrected chi connectivity index (χ4v) is 2.17. The lowest BCUT2D eigenvalue weighted by molar-refractivity contribution is 0.112. The summed E-state index contributed by atoms with van der Waals surface area (Å²) in [5, 5.41) is 0. The van der Waals surface area contributed by atoms with Crippen LogP contribution in [-0.4, -0.2) is 12.0 Å². The lowest BCUT2D eigenvalue weighted by Gasteiger charge is -2.03. The molecular weight excluding hydrogens is 211 g/mol. The Balaban J connectivity index is 2.50. The Kier molecular flexibility index (Phi) is 5.40. The number of hydrogen-bond acceptors (Lipinski definition) is 2. The molecule has 0 fully saturated rings. The van der Waals surface area contributed by atoms with Crippen LogP contribution in [0.3, 0.4) is 0 Å². The van der Waals surface area contributed by atoms with E-state index in [0.29, 0.717) is 16.7 Å². The molecule has 0 radical (unpaired) electrons. The van der Waals surface area contributed by atoms with Gasteiger partial charge in [0.25, 0.3) is 0 Å². The number of benzene rings is 1. The first-order valence-corrected chi connectivity index (χ1v) is 6.14. The van der Waals surface area contributed by atoms with Crippen molar-refractivity contribution in [1.29, 1.82) is 0 Å². The number of thioether (sulfide) groups is 1. The van der Waals surface area contributed by atoms with E-state index in [1.165, 1.54) is 30.7 Å². The molecule has 0 amide bonds. The van der Waals surface area contributed by atoms with Crippen molar-refractivity contribution < 1.29 is 9.18 Å². The van der Waals surface area contributed by atoms with E-state index in [1.807, 2.05) is 0 Å². The van der Waals surface area contributed by atoms with Gasteiger partial charge in [-0.3, -0.25) is 4.79 Å². The summed E-state index contributed by atoms with van der Waals surface area (Å²) in [4.78, 5) is 11.0. The normalized spacial score (nSPS) is 10.3. The molecule has 3 heteroatoms. The van der Waals surface area contributed by atoms with Crippen LogP contribution in [-0.2, 0) is 0 Å². The Hall–Kier alpha value is -0.830. The van der Waals surface area contributed by atoms with Crippen molar-refractivity contribution in [3.63, 3.8) is 0 Å². The van der Waals surface area contributed by atoms with Crippen molar-refractivity contribution >= 4 is 18.0 Å². The highest BCUT2D eigenvalue weighted by molar-refractivity contribution is 7.99. The SMILES string of the molecule is CCCCCSc1ccc(C=O)cc1F. The van der Waals surface area contributed by atoms with Gasteiger partial charge in [0.15, 0.2) is 0 Å². The maximum absolute atomic E-state index is 13.4. The molecule has 0 heterocycles. The number of unbranched alkanes of at least 4 members (excludes halogenated alkanes) is 2. The third kappa shape index (κ3) is 4.04. The molecule has 0 unspecified atom stereocenters. The predicted molar refractivity (Wildman–Crippen MR) is 62.0 cm³/mol. The number of carbonyl (C=O) groups excluding carboxylic acids is 1. The summed E-state index contributed by atoms with van der Waals surface area (Å²) < 4.78 is 13.4. The van der Waals surface area contributed by atoms with Crippen molar-refractivity contribution in [2.75, 3.05) is 5.75 Å². The molecule has 0 aliphatic heterocycles. The molecule has 0 bridgehead atoms.